The van der Waals surface area contributed by atoms with Crippen molar-refractivity contribution in [2.75, 3.05) is 11.9 Å². The average molecular weight is 386 g/mol. The number of rotatable bonds is 5. The second-order valence-electron chi connectivity index (χ2n) is 5.57. The van der Waals surface area contributed by atoms with Gasteiger partial charge >= 0.3 is 0 Å². The zero-order valence-corrected chi connectivity index (χ0v) is 15.5. The van der Waals surface area contributed by atoms with Gasteiger partial charge in [0.2, 0.25) is 0 Å². The molecule has 2 aromatic rings. The summed E-state index contributed by atoms with van der Waals surface area (Å²) in [5.41, 5.74) is 2.37. The summed E-state index contributed by atoms with van der Waals surface area (Å²) in [5, 5.41) is 15.5. The van der Waals surface area contributed by atoms with Crippen LogP contribution in [0.15, 0.2) is 47.4 Å². The lowest BCUT2D eigenvalue weighted by Crippen LogP contribution is -2.31. The first-order valence-electron chi connectivity index (χ1n) is 7.87. The van der Waals surface area contributed by atoms with Crippen molar-refractivity contribution in [2.45, 2.75) is 12.4 Å². The fourth-order valence-electron chi connectivity index (χ4n) is 2.44. The van der Waals surface area contributed by atoms with Crippen LogP contribution in [0.3, 0.4) is 0 Å². The van der Waals surface area contributed by atoms with Crippen LogP contribution < -0.4 is 15.4 Å². The molecule has 2 aromatic carbocycles. The monoisotopic (exact) mass is 385 g/mol. The molecule has 0 spiro atoms. The number of nitriles is 1. The third kappa shape index (κ3) is 4.31. The van der Waals surface area contributed by atoms with Gasteiger partial charge in [-0.3, -0.25) is 4.79 Å². The number of amides is 1. The largest absolute Gasteiger partial charge is 0.478 e. The Balaban J connectivity index is 1.77. The molecule has 1 heterocycles. The average Bonchev–Trinajstić information content (AvgIpc) is 2.96. The summed E-state index contributed by atoms with van der Waals surface area (Å²) < 4.78 is 5.41. The summed E-state index contributed by atoms with van der Waals surface area (Å²) >= 11 is 7.42. The lowest BCUT2D eigenvalue weighted by Gasteiger charge is -2.15. The molecule has 7 heteroatoms. The molecule has 26 heavy (non-hydrogen) atoms. The van der Waals surface area contributed by atoms with E-state index in [1.165, 1.54) is 11.8 Å². The molecule has 1 unspecified atom stereocenters. The van der Waals surface area contributed by atoms with Gasteiger partial charge in [0.25, 0.3) is 5.91 Å². The molecule has 1 atom stereocenters. The van der Waals surface area contributed by atoms with E-state index in [4.69, 9.17) is 21.6 Å². The first-order valence-corrected chi connectivity index (χ1v) is 9.13. The number of aryl methyl sites for hydroxylation is 1. The molecule has 1 aliphatic heterocycles. The second kappa shape index (κ2) is 8.17. The molecule has 0 aromatic heterocycles. The van der Waals surface area contributed by atoms with Gasteiger partial charge in [0.15, 0.2) is 12.1 Å². The fraction of sp³-hybridized carbons (Fsp3) is 0.158. The zero-order valence-electron chi connectivity index (χ0n) is 14.0. The number of carbonyl (C=O) groups excluding carboxylic acids is 1. The normalized spacial score (nSPS) is 17.7. The highest BCUT2D eigenvalue weighted by molar-refractivity contribution is 8.05. The molecule has 0 aliphatic carbocycles. The predicted molar refractivity (Wildman–Crippen MR) is 105 cm³/mol. The van der Waals surface area contributed by atoms with Crippen LogP contribution in [0.2, 0.25) is 5.02 Å². The Hall–Kier alpha value is -2.62. The van der Waals surface area contributed by atoms with Crippen LogP contribution in [0.25, 0.3) is 6.08 Å². The van der Waals surface area contributed by atoms with Gasteiger partial charge < -0.3 is 15.4 Å². The van der Waals surface area contributed by atoms with Crippen LogP contribution in [0, 0.1) is 18.3 Å². The molecule has 3 rings (SSSR count). The maximum absolute atomic E-state index is 12.3. The molecule has 1 aliphatic rings. The van der Waals surface area contributed by atoms with E-state index in [9.17, 15) is 4.79 Å². The van der Waals surface area contributed by atoms with E-state index >= 15 is 0 Å². The van der Waals surface area contributed by atoms with E-state index < -0.39 is 0 Å². The molecule has 1 saturated heterocycles. The van der Waals surface area contributed by atoms with Gasteiger partial charge in [-0.1, -0.05) is 47.6 Å². The smallest absolute Gasteiger partial charge is 0.260 e. The second-order valence-corrected chi connectivity index (χ2v) is 7.15. The van der Waals surface area contributed by atoms with Gasteiger partial charge in [0.05, 0.1) is 4.91 Å². The van der Waals surface area contributed by atoms with Crippen LogP contribution >= 0.6 is 23.4 Å². The van der Waals surface area contributed by atoms with Crippen LogP contribution in [-0.2, 0) is 4.79 Å². The van der Waals surface area contributed by atoms with E-state index in [0.29, 0.717) is 15.7 Å². The Bertz CT molecular complexity index is 908. The van der Waals surface area contributed by atoms with E-state index in [2.05, 4.69) is 10.6 Å². The molecular formula is C19H16ClN3O2S. The van der Waals surface area contributed by atoms with Gasteiger partial charge in [-0.25, -0.2) is 0 Å². The molecule has 0 radical (unpaired) electrons. The first-order chi connectivity index (χ1) is 12.6. The van der Waals surface area contributed by atoms with Crippen molar-refractivity contribution in [3.63, 3.8) is 0 Å². The molecule has 2 N–H and O–H groups in total. The highest BCUT2D eigenvalue weighted by Crippen LogP contribution is 2.33. The number of thioether (sulfide) groups is 1. The summed E-state index contributed by atoms with van der Waals surface area (Å²) in [6.07, 6.45) is 1.76. The Morgan fingerprint density at radius 1 is 1.38 bits per heavy atom. The number of nitrogens with zero attached hydrogens (tertiary/aromatic N) is 1. The number of hydrogen-bond acceptors (Lipinski definition) is 5. The van der Waals surface area contributed by atoms with E-state index in [1.807, 2.05) is 49.4 Å². The highest BCUT2D eigenvalue weighted by Gasteiger charge is 2.27. The van der Waals surface area contributed by atoms with Crippen molar-refractivity contribution >= 4 is 41.0 Å². The number of anilines is 1. The first kappa shape index (κ1) is 18.2. The zero-order chi connectivity index (χ0) is 18.5. The Morgan fingerprint density at radius 3 is 3.00 bits per heavy atom. The number of nitrogens with one attached hydrogen (secondary N) is 2. The molecule has 0 saturated carbocycles. The summed E-state index contributed by atoms with van der Waals surface area (Å²) in [6.45, 7) is 1.93. The quantitative estimate of drug-likeness (QED) is 0.756. The Kier molecular flexibility index (Phi) is 5.71. The minimum Gasteiger partial charge on any atom is -0.478 e. The molecule has 132 valence electrons. The summed E-state index contributed by atoms with van der Waals surface area (Å²) in [7, 11) is 0. The van der Waals surface area contributed by atoms with Crippen molar-refractivity contribution < 1.29 is 9.53 Å². The van der Waals surface area contributed by atoms with Crippen molar-refractivity contribution in [3.8, 4) is 11.8 Å². The number of para-hydroxylation sites is 1. The number of hydrogen-bond donors (Lipinski definition) is 2. The number of carbonyl (C=O) groups is 1. The minimum absolute atomic E-state index is 0.0439. The van der Waals surface area contributed by atoms with Gasteiger partial charge in [0.1, 0.15) is 11.8 Å². The molecule has 5 nitrogen and oxygen atoms in total. The SMILES string of the molecule is Cc1ccc(Cl)cc1NC1NC(=O)/C(=C/c2ccccc2OCC#N)S1. The molecular weight excluding hydrogens is 370 g/mol. The maximum Gasteiger partial charge on any atom is 0.260 e. The molecule has 1 amide bonds. The van der Waals surface area contributed by atoms with E-state index in [1.54, 1.807) is 12.1 Å². The van der Waals surface area contributed by atoms with Crippen LogP contribution in [-0.4, -0.2) is 18.0 Å². The highest BCUT2D eigenvalue weighted by atomic mass is 35.5. The predicted octanol–water partition coefficient (Wildman–Crippen LogP) is 4.15. The minimum atomic E-state index is -0.293. The number of halogens is 1. The number of benzene rings is 2. The van der Waals surface area contributed by atoms with Crippen LogP contribution in [0.4, 0.5) is 5.69 Å². The van der Waals surface area contributed by atoms with Crippen molar-refractivity contribution in [3.05, 3.63) is 63.5 Å². The molecule has 0 bridgehead atoms. The van der Waals surface area contributed by atoms with Crippen molar-refractivity contribution in [2.24, 2.45) is 0 Å². The third-order valence-electron chi connectivity index (χ3n) is 3.71. The van der Waals surface area contributed by atoms with Gasteiger partial charge in [-0.15, -0.1) is 0 Å². The summed E-state index contributed by atoms with van der Waals surface area (Å²) in [6, 6.07) is 14.8. The Morgan fingerprint density at radius 2 is 2.19 bits per heavy atom. The van der Waals surface area contributed by atoms with Crippen molar-refractivity contribution in [1.29, 1.82) is 5.26 Å². The van der Waals surface area contributed by atoms with Crippen molar-refractivity contribution in [1.82, 2.24) is 5.32 Å². The summed E-state index contributed by atoms with van der Waals surface area (Å²) in [5.74, 6) is 0.402. The van der Waals surface area contributed by atoms with Gasteiger partial charge in [0, 0.05) is 16.3 Å². The van der Waals surface area contributed by atoms with E-state index in [0.717, 1.165) is 16.8 Å². The maximum atomic E-state index is 12.3. The summed E-state index contributed by atoms with van der Waals surface area (Å²) in [4.78, 5) is 12.9. The standard InChI is InChI=1S/C19H16ClN3O2S/c1-12-6-7-14(20)11-15(12)22-19-23-18(24)17(26-19)10-13-4-2-3-5-16(13)25-9-8-21/h2-7,10-11,19,22H,9H2,1H3,(H,23,24)/b17-10-. The topological polar surface area (TPSA) is 74.2 Å². The lowest BCUT2D eigenvalue weighted by molar-refractivity contribution is -0.116. The number of ether oxygens (including phenoxy) is 1. The van der Waals surface area contributed by atoms with Crippen LogP contribution in [0.1, 0.15) is 11.1 Å². The molecule has 1 fully saturated rings. The van der Waals surface area contributed by atoms with Crippen LogP contribution in [0.5, 0.6) is 5.75 Å². The fourth-order valence-corrected chi connectivity index (χ4v) is 3.58. The van der Waals surface area contributed by atoms with Gasteiger partial charge in [-0.2, -0.15) is 5.26 Å². The lowest BCUT2D eigenvalue weighted by atomic mass is 10.2. The van der Waals surface area contributed by atoms with Gasteiger partial charge in [-0.05, 0) is 36.8 Å². The third-order valence-corrected chi connectivity index (χ3v) is 4.98. The van der Waals surface area contributed by atoms with E-state index in [-0.39, 0.29) is 18.0 Å². The Labute approximate surface area is 161 Å².